The first-order valence-electron chi connectivity index (χ1n) is 14.7. The van der Waals surface area contributed by atoms with Gasteiger partial charge in [-0.15, -0.1) is 0 Å². The van der Waals surface area contributed by atoms with Gasteiger partial charge in [0.2, 0.25) is 11.6 Å². The molecule has 0 saturated heterocycles. The van der Waals surface area contributed by atoms with Crippen LogP contribution in [0.2, 0.25) is 0 Å². The summed E-state index contributed by atoms with van der Waals surface area (Å²) in [5.74, 6) is -1.33. The highest BCUT2D eigenvalue weighted by molar-refractivity contribution is 6.08. The Hall–Kier alpha value is -3.71. The summed E-state index contributed by atoms with van der Waals surface area (Å²) in [5.41, 5.74) is 12.2. The summed E-state index contributed by atoms with van der Waals surface area (Å²) in [7, 11) is 0. The maximum absolute atomic E-state index is 12.4. The van der Waals surface area contributed by atoms with Gasteiger partial charge in [-0.1, -0.05) is 37.6 Å². The topological polar surface area (TPSA) is 81.9 Å². The number of anilines is 1. The summed E-state index contributed by atoms with van der Waals surface area (Å²) < 4.78 is 9.40. The molecule has 0 aromatic heterocycles. The van der Waals surface area contributed by atoms with E-state index in [0.29, 0.717) is 0 Å². The fourth-order valence-corrected chi connectivity index (χ4v) is 7.99. The number of aliphatic carboxylic acids is 1. The molecule has 212 valence electrons. The van der Waals surface area contributed by atoms with Crippen LogP contribution in [0.1, 0.15) is 62.8 Å². The highest BCUT2D eigenvalue weighted by Crippen LogP contribution is 2.54. The molecule has 2 aromatic rings. The Bertz CT molecular complexity index is 1630. The van der Waals surface area contributed by atoms with Crippen LogP contribution in [0.5, 0.6) is 0 Å². The van der Waals surface area contributed by atoms with Crippen LogP contribution in [0.3, 0.4) is 0 Å². The monoisotopic (exact) mass is 552 g/mol. The van der Waals surface area contributed by atoms with Crippen molar-refractivity contribution in [3.63, 3.8) is 0 Å². The van der Waals surface area contributed by atoms with Gasteiger partial charge in [-0.2, -0.15) is 4.58 Å². The lowest BCUT2D eigenvalue weighted by Crippen LogP contribution is -2.47. The molecule has 0 bridgehead atoms. The number of carboxylic acids is 1. The number of hydrogen-bond donors (Lipinski definition) is 2. The van der Waals surface area contributed by atoms with Gasteiger partial charge in [-0.3, -0.25) is 9.59 Å². The molecule has 7 nitrogen and oxygen atoms in total. The van der Waals surface area contributed by atoms with E-state index in [1.54, 1.807) is 0 Å². The van der Waals surface area contributed by atoms with Crippen molar-refractivity contribution in [2.45, 2.75) is 76.9 Å². The van der Waals surface area contributed by atoms with Crippen LogP contribution in [0.15, 0.2) is 59.3 Å². The normalized spacial score (nSPS) is 24.5. The molecule has 2 unspecified atom stereocenters. The van der Waals surface area contributed by atoms with Crippen LogP contribution in [0.25, 0.3) is 0 Å². The number of aryl methyl sites for hydroxylation is 1. The molecule has 0 aliphatic carbocycles. The lowest BCUT2D eigenvalue weighted by atomic mass is 9.73. The van der Waals surface area contributed by atoms with Crippen molar-refractivity contribution in [2.75, 3.05) is 24.5 Å². The van der Waals surface area contributed by atoms with E-state index in [4.69, 9.17) is 9.84 Å². The van der Waals surface area contributed by atoms with E-state index < -0.39 is 5.97 Å². The molecule has 0 radical (unpaired) electrons. The smallest absolute Gasteiger partial charge is 0.322 e. The Kier molecular flexibility index (Phi) is 5.68. The minimum atomic E-state index is -1.04. The largest absolute Gasteiger partial charge is 0.480 e. The predicted molar refractivity (Wildman–Crippen MR) is 158 cm³/mol. The average Bonchev–Trinajstić information content (AvgIpc) is 3.30. The lowest BCUT2D eigenvalue weighted by Gasteiger charge is -2.42. The Morgan fingerprint density at radius 3 is 2.63 bits per heavy atom. The first-order valence-corrected chi connectivity index (χ1v) is 14.7. The third-order valence-corrected chi connectivity index (χ3v) is 9.78. The van der Waals surface area contributed by atoms with Crippen LogP contribution in [-0.2, 0) is 31.6 Å². The maximum atomic E-state index is 12.4. The molecule has 5 aliphatic rings. The SMILES string of the molecule is Cc1ccc2c(c1)C(C)(C)C1=C3C=C4C5=[N+](CCC4OC3CCN12)c1ccc(CC(=O)NCC(=O)O)cc1C5(C)C. The standard InChI is InChI=1S/C34H37N3O4/c1-19-6-8-25-23(14-19)33(2,3)31-21-17-22-28(41-27(21)10-12-36(25)31)11-13-37-26-9-7-20(16-29(38)35-18-30(39)40)15-24(26)34(4,5)32(22)37/h6-9,14-15,17,27-28H,10-13,16,18H2,1-5H3,(H-,35,38,39,40)/p+1. The fourth-order valence-electron chi connectivity index (χ4n) is 7.99. The molecular formula is C34H38N3O4+. The first kappa shape index (κ1) is 26.2. The molecule has 7 heteroatoms. The number of hydrogen-bond acceptors (Lipinski definition) is 4. The van der Waals surface area contributed by atoms with E-state index in [-0.39, 0.29) is 41.9 Å². The molecule has 0 spiro atoms. The van der Waals surface area contributed by atoms with Crippen molar-refractivity contribution >= 4 is 29.0 Å². The zero-order chi connectivity index (χ0) is 28.8. The van der Waals surface area contributed by atoms with Crippen LogP contribution in [0.4, 0.5) is 11.4 Å². The van der Waals surface area contributed by atoms with E-state index in [1.807, 2.05) is 6.07 Å². The summed E-state index contributed by atoms with van der Waals surface area (Å²) in [6.45, 7) is 12.9. The number of carbonyl (C=O) groups is 2. The van der Waals surface area contributed by atoms with E-state index in [1.165, 1.54) is 50.6 Å². The van der Waals surface area contributed by atoms with E-state index in [9.17, 15) is 9.59 Å². The molecule has 5 aliphatic heterocycles. The summed E-state index contributed by atoms with van der Waals surface area (Å²) in [6, 6.07) is 13.1. The van der Waals surface area contributed by atoms with Crippen LogP contribution in [-0.4, -0.2) is 59.1 Å². The van der Waals surface area contributed by atoms with Gasteiger partial charge < -0.3 is 20.1 Å². The summed E-state index contributed by atoms with van der Waals surface area (Å²) >= 11 is 0. The number of carboxylic acid groups (broad SMARTS) is 1. The molecule has 1 amide bonds. The minimum absolute atomic E-state index is 0.0751. The number of nitrogens with zero attached hydrogens (tertiary/aromatic N) is 2. The van der Waals surface area contributed by atoms with Gasteiger partial charge in [0.25, 0.3) is 0 Å². The van der Waals surface area contributed by atoms with Crippen LogP contribution >= 0.6 is 0 Å². The first-order chi connectivity index (χ1) is 19.5. The summed E-state index contributed by atoms with van der Waals surface area (Å²) in [4.78, 5) is 25.8. The van der Waals surface area contributed by atoms with Crippen molar-refractivity contribution in [2.24, 2.45) is 0 Å². The molecule has 0 saturated carbocycles. The van der Waals surface area contributed by atoms with Crippen molar-refractivity contribution in [1.82, 2.24) is 5.32 Å². The van der Waals surface area contributed by atoms with Gasteiger partial charge in [0, 0.05) is 52.5 Å². The number of allylic oxidation sites excluding steroid dienone is 1. The van der Waals surface area contributed by atoms with Crippen molar-refractivity contribution in [1.29, 1.82) is 0 Å². The Balaban J connectivity index is 1.29. The zero-order valence-corrected chi connectivity index (χ0v) is 24.5. The van der Waals surface area contributed by atoms with Crippen LogP contribution in [0, 0.1) is 6.92 Å². The zero-order valence-electron chi connectivity index (χ0n) is 24.5. The van der Waals surface area contributed by atoms with E-state index >= 15 is 0 Å². The quantitative estimate of drug-likeness (QED) is 0.539. The highest BCUT2D eigenvalue weighted by Gasteiger charge is 2.54. The number of nitrogens with one attached hydrogen (secondary N) is 1. The number of amides is 1. The third-order valence-electron chi connectivity index (χ3n) is 9.78. The van der Waals surface area contributed by atoms with Crippen molar-refractivity contribution in [3.8, 4) is 0 Å². The van der Waals surface area contributed by atoms with Gasteiger partial charge in [0.1, 0.15) is 6.54 Å². The molecule has 0 fully saturated rings. The Morgan fingerprint density at radius 1 is 1.05 bits per heavy atom. The number of benzene rings is 2. The Labute approximate surface area is 241 Å². The molecular weight excluding hydrogens is 514 g/mol. The molecule has 2 aromatic carbocycles. The lowest BCUT2D eigenvalue weighted by molar-refractivity contribution is -0.445. The van der Waals surface area contributed by atoms with Gasteiger partial charge in [0.05, 0.1) is 24.0 Å². The molecule has 7 rings (SSSR count). The molecule has 41 heavy (non-hydrogen) atoms. The van der Waals surface area contributed by atoms with Gasteiger partial charge in [0.15, 0.2) is 12.3 Å². The number of fused-ring (bicyclic) bond motifs is 8. The third kappa shape index (κ3) is 3.85. The number of carbonyl (C=O) groups excluding carboxylic acids is 1. The fraction of sp³-hybridized carbons (Fsp3) is 0.441. The van der Waals surface area contributed by atoms with Crippen molar-refractivity contribution in [3.05, 3.63) is 81.6 Å². The van der Waals surface area contributed by atoms with Crippen LogP contribution < -0.4 is 10.2 Å². The Morgan fingerprint density at radius 2 is 1.85 bits per heavy atom. The molecule has 2 N–H and O–H groups in total. The van der Waals surface area contributed by atoms with E-state index in [0.717, 1.165) is 31.5 Å². The van der Waals surface area contributed by atoms with Gasteiger partial charge in [-0.25, -0.2) is 0 Å². The minimum Gasteiger partial charge on any atom is -0.480 e. The summed E-state index contributed by atoms with van der Waals surface area (Å²) in [6.07, 6.45) is 4.74. The number of ether oxygens (including phenoxy) is 1. The van der Waals surface area contributed by atoms with E-state index in [2.05, 4.69) is 85.8 Å². The molecule has 5 heterocycles. The maximum Gasteiger partial charge on any atom is 0.322 e. The second-order valence-corrected chi connectivity index (χ2v) is 13.2. The predicted octanol–water partition coefficient (Wildman–Crippen LogP) is 4.67. The van der Waals surface area contributed by atoms with Gasteiger partial charge in [-0.05, 0) is 56.5 Å². The second kappa shape index (κ2) is 8.89. The second-order valence-electron chi connectivity index (χ2n) is 13.2. The highest BCUT2D eigenvalue weighted by atomic mass is 16.5. The van der Waals surface area contributed by atoms with Crippen molar-refractivity contribution < 1.29 is 24.0 Å². The molecule has 2 atom stereocenters. The summed E-state index contributed by atoms with van der Waals surface area (Å²) in [5, 5.41) is 11.4. The average molecular weight is 553 g/mol. The number of rotatable bonds is 4. The van der Waals surface area contributed by atoms with Gasteiger partial charge >= 0.3 is 5.97 Å².